The fourth-order valence-electron chi connectivity index (χ4n) is 0.950. The summed E-state index contributed by atoms with van der Waals surface area (Å²) in [6.07, 6.45) is 0. The van der Waals surface area contributed by atoms with Crippen molar-refractivity contribution in [1.82, 2.24) is 10.6 Å². The normalized spacial score (nSPS) is 15.0. The Bertz CT molecular complexity index is 363. The number of hydrogen-bond donors (Lipinski definition) is 3. The average Bonchev–Trinajstić information content (AvgIpc) is 2.14. The Balaban J connectivity index is 4.61. The number of amides is 3. The van der Waals surface area contributed by atoms with E-state index in [9.17, 15) is 18.0 Å². The molecule has 16 heavy (non-hydrogen) atoms. The third-order valence-corrected chi connectivity index (χ3v) is 4.15. The summed E-state index contributed by atoms with van der Waals surface area (Å²) >= 11 is 0. The average molecular weight is 251 g/mol. The van der Waals surface area contributed by atoms with Gasteiger partial charge in [-0.3, -0.25) is 10.1 Å². The van der Waals surface area contributed by atoms with Gasteiger partial charge in [0.25, 0.3) is 0 Å². The number of imide groups is 1. The molecule has 94 valence electrons. The van der Waals surface area contributed by atoms with Crippen LogP contribution in [-0.2, 0) is 14.6 Å². The van der Waals surface area contributed by atoms with Crippen LogP contribution in [0.25, 0.3) is 0 Å². The predicted octanol–water partition coefficient (Wildman–Crippen LogP) is -1.41. The van der Waals surface area contributed by atoms with Gasteiger partial charge in [0.15, 0.2) is 9.84 Å². The molecule has 0 heterocycles. The van der Waals surface area contributed by atoms with E-state index >= 15 is 0 Å². The van der Waals surface area contributed by atoms with E-state index in [0.29, 0.717) is 0 Å². The van der Waals surface area contributed by atoms with Gasteiger partial charge in [0, 0.05) is 13.1 Å². The van der Waals surface area contributed by atoms with Crippen LogP contribution in [0.1, 0.15) is 13.8 Å². The third kappa shape index (κ3) is 4.58. The van der Waals surface area contributed by atoms with Crippen LogP contribution >= 0.6 is 0 Å². The highest BCUT2D eigenvalue weighted by atomic mass is 32.2. The van der Waals surface area contributed by atoms with E-state index in [1.54, 1.807) is 0 Å². The summed E-state index contributed by atoms with van der Waals surface area (Å²) in [7, 11) is -2.31. The van der Waals surface area contributed by atoms with Crippen LogP contribution in [0, 0.1) is 0 Å². The summed E-state index contributed by atoms with van der Waals surface area (Å²) in [6, 6.07) is -1.30. The Kier molecular flexibility index (Phi) is 5.39. The summed E-state index contributed by atoms with van der Waals surface area (Å²) < 4.78 is 23.2. The number of urea groups is 1. The second-order valence-electron chi connectivity index (χ2n) is 3.52. The highest BCUT2D eigenvalue weighted by molar-refractivity contribution is 7.92. The minimum absolute atomic E-state index is 0.296. The van der Waals surface area contributed by atoms with Crippen molar-refractivity contribution < 1.29 is 18.0 Å². The smallest absolute Gasteiger partial charge is 0.321 e. The quantitative estimate of drug-likeness (QED) is 0.567. The Morgan fingerprint density at radius 1 is 1.31 bits per heavy atom. The molecule has 7 nitrogen and oxygen atoms in total. The molecule has 0 rings (SSSR count). The molecular weight excluding hydrogens is 234 g/mol. The SMILES string of the molecule is CNC(=O)NC(=O)C(C)S(=O)(=O)CC(C)N. The van der Waals surface area contributed by atoms with Gasteiger partial charge >= 0.3 is 6.03 Å². The van der Waals surface area contributed by atoms with E-state index in [1.807, 2.05) is 5.32 Å². The van der Waals surface area contributed by atoms with Crippen LogP contribution in [0.15, 0.2) is 0 Å². The lowest BCUT2D eigenvalue weighted by molar-refractivity contribution is -0.119. The van der Waals surface area contributed by atoms with Crippen molar-refractivity contribution in [1.29, 1.82) is 0 Å². The first-order valence-electron chi connectivity index (χ1n) is 4.70. The first-order chi connectivity index (χ1) is 7.20. The zero-order valence-corrected chi connectivity index (χ0v) is 10.3. The number of rotatable bonds is 4. The molecular formula is C8H17N3O4S. The number of sulfone groups is 1. The lowest BCUT2D eigenvalue weighted by atomic mass is 10.4. The van der Waals surface area contributed by atoms with Crippen molar-refractivity contribution >= 4 is 21.8 Å². The lowest BCUT2D eigenvalue weighted by Crippen LogP contribution is -2.46. The van der Waals surface area contributed by atoms with Gasteiger partial charge in [-0.2, -0.15) is 0 Å². The van der Waals surface area contributed by atoms with E-state index in [4.69, 9.17) is 5.73 Å². The minimum Gasteiger partial charge on any atom is -0.341 e. The maximum atomic E-state index is 11.6. The van der Waals surface area contributed by atoms with Gasteiger partial charge in [0.05, 0.1) is 5.75 Å². The molecule has 4 N–H and O–H groups in total. The molecule has 0 saturated carbocycles. The summed E-state index contributed by atoms with van der Waals surface area (Å²) in [5.41, 5.74) is 5.35. The zero-order chi connectivity index (χ0) is 12.9. The molecule has 0 aliphatic rings. The van der Waals surface area contributed by atoms with Gasteiger partial charge in [0.2, 0.25) is 5.91 Å². The Morgan fingerprint density at radius 3 is 2.19 bits per heavy atom. The molecule has 0 aliphatic heterocycles. The molecule has 3 amide bonds. The van der Waals surface area contributed by atoms with Crippen molar-refractivity contribution in [2.24, 2.45) is 5.73 Å². The number of carbonyl (C=O) groups excluding carboxylic acids is 2. The fourth-order valence-corrected chi connectivity index (χ4v) is 2.36. The maximum absolute atomic E-state index is 11.6. The predicted molar refractivity (Wildman–Crippen MR) is 59.5 cm³/mol. The van der Waals surface area contributed by atoms with Crippen LogP contribution in [0.5, 0.6) is 0 Å². The lowest BCUT2D eigenvalue weighted by Gasteiger charge is -2.13. The third-order valence-electron chi connectivity index (χ3n) is 1.87. The van der Waals surface area contributed by atoms with Gasteiger partial charge in [0.1, 0.15) is 5.25 Å². The molecule has 0 aromatic rings. The van der Waals surface area contributed by atoms with Crippen LogP contribution in [0.4, 0.5) is 4.79 Å². The molecule has 0 radical (unpaired) electrons. The molecule has 0 aromatic carbocycles. The largest absolute Gasteiger partial charge is 0.341 e. The van der Waals surface area contributed by atoms with Gasteiger partial charge in [-0.1, -0.05) is 0 Å². The summed E-state index contributed by atoms with van der Waals surface area (Å²) in [5.74, 6) is -1.16. The Hall–Kier alpha value is -1.15. The zero-order valence-electron chi connectivity index (χ0n) is 9.48. The minimum atomic E-state index is -3.63. The summed E-state index contributed by atoms with van der Waals surface area (Å²) in [4.78, 5) is 22.2. The van der Waals surface area contributed by atoms with E-state index in [2.05, 4.69) is 5.32 Å². The highest BCUT2D eigenvalue weighted by Gasteiger charge is 2.29. The molecule has 0 fully saturated rings. The standard InChI is InChI=1S/C8H17N3O4S/c1-5(9)4-16(14,15)6(2)7(12)11-8(13)10-3/h5-6H,4,9H2,1-3H3,(H2,10,11,12,13). The van der Waals surface area contributed by atoms with Crippen LogP contribution in [0.3, 0.4) is 0 Å². The van der Waals surface area contributed by atoms with Gasteiger partial charge in [-0.15, -0.1) is 0 Å². The number of nitrogens with two attached hydrogens (primary N) is 1. The van der Waals surface area contributed by atoms with Gasteiger partial charge in [-0.25, -0.2) is 13.2 Å². The van der Waals surface area contributed by atoms with E-state index in [1.165, 1.54) is 20.9 Å². The van der Waals surface area contributed by atoms with Crippen LogP contribution in [0.2, 0.25) is 0 Å². The van der Waals surface area contributed by atoms with Crippen molar-refractivity contribution in [3.05, 3.63) is 0 Å². The molecule has 0 spiro atoms. The van der Waals surface area contributed by atoms with Gasteiger partial charge in [-0.05, 0) is 13.8 Å². The Labute approximate surface area is 94.7 Å². The molecule has 8 heteroatoms. The van der Waals surface area contributed by atoms with E-state index < -0.39 is 33.1 Å². The second kappa shape index (κ2) is 5.80. The van der Waals surface area contributed by atoms with E-state index in [-0.39, 0.29) is 5.75 Å². The molecule has 2 unspecified atom stereocenters. The topological polar surface area (TPSA) is 118 Å². The first kappa shape index (κ1) is 14.8. The van der Waals surface area contributed by atoms with Crippen molar-refractivity contribution in [3.8, 4) is 0 Å². The van der Waals surface area contributed by atoms with Crippen molar-refractivity contribution in [3.63, 3.8) is 0 Å². The highest BCUT2D eigenvalue weighted by Crippen LogP contribution is 2.03. The fraction of sp³-hybridized carbons (Fsp3) is 0.750. The van der Waals surface area contributed by atoms with Crippen LogP contribution < -0.4 is 16.4 Å². The van der Waals surface area contributed by atoms with Crippen LogP contribution in [-0.4, -0.2) is 44.4 Å². The summed E-state index contributed by atoms with van der Waals surface area (Å²) in [5, 5.41) is 2.76. The monoisotopic (exact) mass is 251 g/mol. The number of nitrogens with one attached hydrogen (secondary N) is 2. The number of hydrogen-bond acceptors (Lipinski definition) is 5. The van der Waals surface area contributed by atoms with E-state index in [0.717, 1.165) is 0 Å². The number of carbonyl (C=O) groups is 2. The second-order valence-corrected chi connectivity index (χ2v) is 5.88. The maximum Gasteiger partial charge on any atom is 0.321 e. The van der Waals surface area contributed by atoms with Crippen molar-refractivity contribution in [2.75, 3.05) is 12.8 Å². The summed E-state index contributed by atoms with van der Waals surface area (Å²) in [6.45, 7) is 2.75. The molecule has 0 saturated heterocycles. The first-order valence-corrected chi connectivity index (χ1v) is 6.42. The molecule has 2 atom stereocenters. The molecule has 0 bridgehead atoms. The molecule has 0 aliphatic carbocycles. The van der Waals surface area contributed by atoms with Gasteiger partial charge < -0.3 is 11.1 Å². The Morgan fingerprint density at radius 2 is 1.81 bits per heavy atom. The van der Waals surface area contributed by atoms with Crippen molar-refractivity contribution in [2.45, 2.75) is 25.1 Å². The molecule has 0 aromatic heterocycles.